The predicted molar refractivity (Wildman–Crippen MR) is 62.6 cm³/mol. The Bertz CT molecular complexity index is 296. The van der Waals surface area contributed by atoms with Gasteiger partial charge >= 0.3 is 0 Å². The Balaban J connectivity index is 2.47. The molecule has 1 heterocycles. The Labute approximate surface area is 92.4 Å². The highest BCUT2D eigenvalue weighted by molar-refractivity contribution is 5.23. The molecular weight excluding hydrogens is 186 g/mol. The molecule has 84 valence electrons. The minimum absolute atomic E-state index is 0.327. The first-order valence-corrected chi connectivity index (χ1v) is 5.70. The van der Waals surface area contributed by atoms with Crippen LogP contribution in [0.2, 0.25) is 0 Å². The zero-order valence-corrected chi connectivity index (χ0v) is 9.90. The van der Waals surface area contributed by atoms with Crippen molar-refractivity contribution < 1.29 is 5.11 Å². The van der Waals surface area contributed by atoms with Crippen LogP contribution < -0.4 is 0 Å². The summed E-state index contributed by atoms with van der Waals surface area (Å²) in [6.45, 7) is 6.42. The highest BCUT2D eigenvalue weighted by Crippen LogP contribution is 2.22. The second-order valence-corrected chi connectivity index (χ2v) is 4.57. The molecule has 0 aliphatic heterocycles. The van der Waals surface area contributed by atoms with Crippen molar-refractivity contribution in [2.45, 2.75) is 46.1 Å². The summed E-state index contributed by atoms with van der Waals surface area (Å²) in [6, 6.07) is 1.91. The van der Waals surface area contributed by atoms with Gasteiger partial charge in [0.15, 0.2) is 0 Å². The fraction of sp³-hybridized carbons (Fsp3) is 0.615. The van der Waals surface area contributed by atoms with E-state index in [2.05, 4.69) is 18.8 Å². The lowest BCUT2D eigenvalue weighted by molar-refractivity contribution is 0.161. The first-order chi connectivity index (χ1) is 7.11. The Kier molecular flexibility index (Phi) is 4.76. The second-order valence-electron chi connectivity index (χ2n) is 4.57. The third kappa shape index (κ3) is 4.00. The third-order valence-electron chi connectivity index (χ3n) is 2.68. The molecular formula is C13H21NO. The monoisotopic (exact) mass is 207 g/mol. The second kappa shape index (κ2) is 5.86. The molecule has 1 atom stereocenters. The highest BCUT2D eigenvalue weighted by Gasteiger charge is 2.09. The Hall–Kier alpha value is -0.890. The number of nitrogens with zero attached hydrogens (tertiary/aromatic N) is 1. The number of pyridine rings is 1. The van der Waals surface area contributed by atoms with Crippen molar-refractivity contribution in [3.63, 3.8) is 0 Å². The van der Waals surface area contributed by atoms with Crippen LogP contribution in [0.3, 0.4) is 0 Å². The number of aryl methyl sites for hydroxylation is 1. The molecule has 0 aliphatic carbocycles. The van der Waals surface area contributed by atoms with Crippen LogP contribution in [0.15, 0.2) is 18.5 Å². The molecule has 2 heteroatoms. The smallest absolute Gasteiger partial charge is 0.0793 e. The quantitative estimate of drug-likeness (QED) is 0.804. The zero-order chi connectivity index (χ0) is 11.3. The van der Waals surface area contributed by atoms with Crippen molar-refractivity contribution in [3.8, 4) is 0 Å². The minimum Gasteiger partial charge on any atom is -0.388 e. The summed E-state index contributed by atoms with van der Waals surface area (Å²) in [7, 11) is 0. The Morgan fingerprint density at radius 3 is 2.67 bits per heavy atom. The topological polar surface area (TPSA) is 33.1 Å². The number of aromatic nitrogens is 1. The van der Waals surface area contributed by atoms with Gasteiger partial charge < -0.3 is 5.11 Å². The van der Waals surface area contributed by atoms with E-state index in [0.717, 1.165) is 29.9 Å². The molecule has 1 unspecified atom stereocenters. The van der Waals surface area contributed by atoms with Crippen LogP contribution in [-0.2, 0) is 0 Å². The minimum atomic E-state index is -0.327. The van der Waals surface area contributed by atoms with Crippen molar-refractivity contribution in [1.82, 2.24) is 4.98 Å². The molecule has 1 rings (SSSR count). The molecule has 1 N–H and O–H groups in total. The molecule has 0 spiro atoms. The lowest BCUT2D eigenvalue weighted by atomic mass is 9.98. The van der Waals surface area contributed by atoms with Gasteiger partial charge in [-0.05, 0) is 36.5 Å². The summed E-state index contributed by atoms with van der Waals surface area (Å²) in [5, 5.41) is 9.99. The van der Waals surface area contributed by atoms with Crippen molar-refractivity contribution in [2.24, 2.45) is 5.92 Å². The molecule has 0 saturated heterocycles. The number of aliphatic hydroxyl groups excluding tert-OH is 1. The number of hydrogen-bond donors (Lipinski definition) is 1. The van der Waals surface area contributed by atoms with E-state index in [1.807, 2.05) is 13.0 Å². The normalized spacial score (nSPS) is 13.1. The van der Waals surface area contributed by atoms with Crippen LogP contribution in [0.4, 0.5) is 0 Å². The van der Waals surface area contributed by atoms with Crippen LogP contribution in [0, 0.1) is 12.8 Å². The lowest BCUT2D eigenvalue weighted by Gasteiger charge is -2.13. The van der Waals surface area contributed by atoms with Gasteiger partial charge in [0, 0.05) is 12.4 Å². The molecule has 1 aromatic rings. The summed E-state index contributed by atoms with van der Waals surface area (Å²) < 4.78 is 0. The maximum Gasteiger partial charge on any atom is 0.0793 e. The van der Waals surface area contributed by atoms with E-state index in [-0.39, 0.29) is 6.10 Å². The van der Waals surface area contributed by atoms with Gasteiger partial charge in [0.05, 0.1) is 6.10 Å². The van der Waals surface area contributed by atoms with Gasteiger partial charge in [0.25, 0.3) is 0 Å². The predicted octanol–water partition coefficient (Wildman–Crippen LogP) is 3.25. The van der Waals surface area contributed by atoms with Crippen LogP contribution in [0.25, 0.3) is 0 Å². The molecule has 0 bridgehead atoms. The highest BCUT2D eigenvalue weighted by atomic mass is 16.3. The average molecular weight is 207 g/mol. The Morgan fingerprint density at radius 2 is 2.07 bits per heavy atom. The van der Waals surface area contributed by atoms with E-state index >= 15 is 0 Å². The van der Waals surface area contributed by atoms with Gasteiger partial charge in [-0.3, -0.25) is 4.98 Å². The molecule has 0 aliphatic rings. The van der Waals surface area contributed by atoms with E-state index < -0.39 is 0 Å². The van der Waals surface area contributed by atoms with Crippen LogP contribution in [-0.4, -0.2) is 10.1 Å². The maximum absolute atomic E-state index is 9.99. The SMILES string of the molecule is Cc1cnccc1C(O)CCCC(C)C. The van der Waals surface area contributed by atoms with E-state index in [0.29, 0.717) is 0 Å². The van der Waals surface area contributed by atoms with Gasteiger partial charge in [-0.1, -0.05) is 26.7 Å². The summed E-state index contributed by atoms with van der Waals surface area (Å²) in [6.07, 6.45) is 6.34. The van der Waals surface area contributed by atoms with Crippen molar-refractivity contribution in [3.05, 3.63) is 29.6 Å². The largest absolute Gasteiger partial charge is 0.388 e. The number of rotatable bonds is 5. The summed E-state index contributed by atoms with van der Waals surface area (Å²) in [5.74, 6) is 0.718. The molecule has 0 fully saturated rings. The summed E-state index contributed by atoms with van der Waals surface area (Å²) >= 11 is 0. The fourth-order valence-electron chi connectivity index (χ4n) is 1.73. The van der Waals surface area contributed by atoms with E-state index in [9.17, 15) is 5.11 Å². The lowest BCUT2D eigenvalue weighted by Crippen LogP contribution is -2.01. The van der Waals surface area contributed by atoms with Crippen molar-refractivity contribution >= 4 is 0 Å². The Morgan fingerprint density at radius 1 is 1.33 bits per heavy atom. The number of aliphatic hydroxyl groups is 1. The van der Waals surface area contributed by atoms with Crippen LogP contribution in [0.5, 0.6) is 0 Å². The van der Waals surface area contributed by atoms with Gasteiger partial charge in [-0.15, -0.1) is 0 Å². The van der Waals surface area contributed by atoms with Gasteiger partial charge in [0.1, 0.15) is 0 Å². The summed E-state index contributed by atoms with van der Waals surface area (Å²) in [4.78, 5) is 4.02. The fourth-order valence-corrected chi connectivity index (χ4v) is 1.73. The zero-order valence-electron chi connectivity index (χ0n) is 9.90. The molecule has 0 aromatic carbocycles. The molecule has 0 amide bonds. The average Bonchev–Trinajstić information content (AvgIpc) is 2.17. The summed E-state index contributed by atoms with van der Waals surface area (Å²) in [5.41, 5.74) is 2.10. The van der Waals surface area contributed by atoms with Crippen molar-refractivity contribution in [2.75, 3.05) is 0 Å². The standard InChI is InChI=1S/C13H21NO/c1-10(2)5-4-6-13(15)12-7-8-14-9-11(12)3/h7-10,13,15H,4-6H2,1-3H3. The van der Waals surface area contributed by atoms with E-state index in [4.69, 9.17) is 0 Å². The molecule has 15 heavy (non-hydrogen) atoms. The van der Waals surface area contributed by atoms with Crippen LogP contribution in [0.1, 0.15) is 50.3 Å². The molecule has 1 aromatic heterocycles. The van der Waals surface area contributed by atoms with E-state index in [1.54, 1.807) is 12.4 Å². The first kappa shape index (κ1) is 12.2. The van der Waals surface area contributed by atoms with Gasteiger partial charge in [-0.25, -0.2) is 0 Å². The van der Waals surface area contributed by atoms with Gasteiger partial charge in [0.2, 0.25) is 0 Å². The number of hydrogen-bond acceptors (Lipinski definition) is 2. The first-order valence-electron chi connectivity index (χ1n) is 5.70. The van der Waals surface area contributed by atoms with Crippen molar-refractivity contribution in [1.29, 1.82) is 0 Å². The molecule has 0 radical (unpaired) electrons. The van der Waals surface area contributed by atoms with Gasteiger partial charge in [-0.2, -0.15) is 0 Å². The third-order valence-corrected chi connectivity index (χ3v) is 2.68. The molecule has 0 saturated carbocycles. The van der Waals surface area contributed by atoms with E-state index in [1.165, 1.54) is 6.42 Å². The maximum atomic E-state index is 9.99. The molecule has 2 nitrogen and oxygen atoms in total. The van der Waals surface area contributed by atoms with Crippen LogP contribution >= 0.6 is 0 Å².